The summed E-state index contributed by atoms with van der Waals surface area (Å²) in [7, 11) is 1.33. The van der Waals surface area contributed by atoms with Gasteiger partial charge in [0.25, 0.3) is 5.88 Å². The lowest BCUT2D eigenvalue weighted by atomic mass is 9.98. The molecular weight excluding hydrogens is 266 g/mol. The molecule has 1 aliphatic rings. The molecule has 0 spiro atoms. The third-order valence-electron chi connectivity index (χ3n) is 3.43. The average molecular weight is 285 g/mol. The molecule has 0 saturated carbocycles. The topological polar surface area (TPSA) is 64.5 Å². The summed E-state index contributed by atoms with van der Waals surface area (Å²) in [6.07, 6.45) is 3.51. The number of nitrogens with zero attached hydrogens (tertiary/aromatic N) is 3. The zero-order chi connectivity index (χ0) is 13.8. The second-order valence-electron chi connectivity index (χ2n) is 4.79. The number of carbonyl (C=O) groups is 1. The van der Waals surface area contributed by atoms with Crippen molar-refractivity contribution in [3.05, 3.63) is 0 Å². The number of esters is 1. The molecular formula is C12H19N3O3S. The Bertz CT molecular complexity index is 428. The van der Waals surface area contributed by atoms with Gasteiger partial charge in [-0.2, -0.15) is 4.37 Å². The van der Waals surface area contributed by atoms with Crippen LogP contribution in [0.4, 0.5) is 5.82 Å². The van der Waals surface area contributed by atoms with Gasteiger partial charge in [-0.25, -0.2) is 4.79 Å². The van der Waals surface area contributed by atoms with Gasteiger partial charge in [0.1, 0.15) is 0 Å². The zero-order valence-electron chi connectivity index (χ0n) is 11.5. The Balaban J connectivity index is 2.11. The van der Waals surface area contributed by atoms with Gasteiger partial charge in [0.15, 0.2) is 6.61 Å². The Kier molecular flexibility index (Phi) is 4.57. The monoisotopic (exact) mass is 285 g/mol. The quantitative estimate of drug-likeness (QED) is 0.787. The van der Waals surface area contributed by atoms with Gasteiger partial charge >= 0.3 is 5.97 Å². The van der Waals surface area contributed by atoms with Crippen molar-refractivity contribution in [2.75, 3.05) is 18.6 Å². The second-order valence-corrected chi connectivity index (χ2v) is 5.32. The smallest absolute Gasteiger partial charge is 0.343 e. The summed E-state index contributed by atoms with van der Waals surface area (Å²) >= 11 is 1.10. The number of aromatic nitrogens is 2. The highest BCUT2D eigenvalue weighted by Gasteiger charge is 2.29. The van der Waals surface area contributed by atoms with Crippen LogP contribution in [0.25, 0.3) is 0 Å². The van der Waals surface area contributed by atoms with Gasteiger partial charge in [0.05, 0.1) is 18.8 Å². The molecule has 0 amide bonds. The largest absolute Gasteiger partial charge is 0.466 e. The lowest BCUT2D eigenvalue weighted by Gasteiger charge is -2.39. The van der Waals surface area contributed by atoms with Gasteiger partial charge in [-0.1, -0.05) is 0 Å². The molecule has 19 heavy (non-hydrogen) atoms. The molecule has 0 N–H and O–H groups in total. The van der Waals surface area contributed by atoms with Crippen molar-refractivity contribution in [1.82, 2.24) is 8.75 Å². The molecule has 0 bridgehead atoms. The van der Waals surface area contributed by atoms with E-state index in [0.29, 0.717) is 18.0 Å². The van der Waals surface area contributed by atoms with Gasteiger partial charge in [-0.05, 0) is 33.1 Å². The molecule has 1 aromatic heterocycles. The van der Waals surface area contributed by atoms with Crippen LogP contribution in [-0.2, 0) is 9.53 Å². The third-order valence-corrected chi connectivity index (χ3v) is 3.94. The van der Waals surface area contributed by atoms with Crippen LogP contribution in [0.2, 0.25) is 0 Å². The van der Waals surface area contributed by atoms with Crippen molar-refractivity contribution in [1.29, 1.82) is 0 Å². The van der Waals surface area contributed by atoms with Crippen LogP contribution < -0.4 is 9.64 Å². The Hall–Kier alpha value is -1.37. The second kappa shape index (κ2) is 6.18. The molecule has 1 saturated heterocycles. The van der Waals surface area contributed by atoms with Crippen molar-refractivity contribution >= 4 is 23.5 Å². The summed E-state index contributed by atoms with van der Waals surface area (Å²) in [5.74, 6) is 0.753. The molecule has 2 rings (SSSR count). The van der Waals surface area contributed by atoms with Crippen LogP contribution in [0.3, 0.4) is 0 Å². The zero-order valence-corrected chi connectivity index (χ0v) is 12.3. The molecule has 6 nitrogen and oxygen atoms in total. The summed E-state index contributed by atoms with van der Waals surface area (Å²) < 4.78 is 18.4. The highest BCUT2D eigenvalue weighted by atomic mass is 32.1. The molecule has 106 valence electrons. The van der Waals surface area contributed by atoms with Gasteiger partial charge in [-0.15, -0.1) is 4.37 Å². The van der Waals surface area contributed by atoms with E-state index in [1.807, 2.05) is 0 Å². The lowest BCUT2D eigenvalue weighted by Crippen LogP contribution is -2.44. The van der Waals surface area contributed by atoms with Crippen molar-refractivity contribution in [2.24, 2.45) is 0 Å². The number of rotatable bonds is 4. The first-order valence-corrected chi connectivity index (χ1v) is 7.17. The fourth-order valence-corrected chi connectivity index (χ4v) is 2.95. The average Bonchev–Trinajstić information content (AvgIpc) is 2.84. The summed E-state index contributed by atoms with van der Waals surface area (Å²) in [6.45, 7) is 4.23. The predicted molar refractivity (Wildman–Crippen MR) is 72.7 cm³/mol. The van der Waals surface area contributed by atoms with Crippen LogP contribution >= 0.6 is 11.7 Å². The first-order chi connectivity index (χ1) is 9.13. The van der Waals surface area contributed by atoms with Crippen molar-refractivity contribution in [3.63, 3.8) is 0 Å². The summed E-state index contributed by atoms with van der Waals surface area (Å²) in [5, 5.41) is 0. The highest BCUT2D eigenvalue weighted by molar-refractivity contribution is 6.99. The van der Waals surface area contributed by atoms with E-state index in [4.69, 9.17) is 4.74 Å². The maximum atomic E-state index is 11.1. The number of hydrogen-bond donors (Lipinski definition) is 0. The Labute approximate surface area is 117 Å². The van der Waals surface area contributed by atoms with Gasteiger partial charge in [0, 0.05) is 12.1 Å². The van der Waals surface area contributed by atoms with Crippen LogP contribution in [0.15, 0.2) is 0 Å². The van der Waals surface area contributed by atoms with E-state index in [-0.39, 0.29) is 6.61 Å². The van der Waals surface area contributed by atoms with Gasteiger partial charge in [0.2, 0.25) is 5.82 Å². The van der Waals surface area contributed by atoms with Crippen LogP contribution in [0.1, 0.15) is 33.1 Å². The van der Waals surface area contributed by atoms with E-state index in [1.165, 1.54) is 13.5 Å². The van der Waals surface area contributed by atoms with E-state index in [1.54, 1.807) is 0 Å². The number of ether oxygens (including phenoxy) is 2. The number of methoxy groups -OCH3 is 1. The predicted octanol–water partition coefficient (Wildman–Crippen LogP) is 1.86. The Morgan fingerprint density at radius 3 is 2.68 bits per heavy atom. The molecule has 0 aromatic carbocycles. The van der Waals surface area contributed by atoms with Crippen LogP contribution in [0, 0.1) is 0 Å². The van der Waals surface area contributed by atoms with E-state index < -0.39 is 5.97 Å². The molecule has 1 fully saturated rings. The first-order valence-electron chi connectivity index (χ1n) is 6.44. The van der Waals surface area contributed by atoms with Gasteiger partial charge in [-0.3, -0.25) is 0 Å². The third kappa shape index (κ3) is 3.15. The van der Waals surface area contributed by atoms with Gasteiger partial charge < -0.3 is 14.4 Å². The minimum atomic E-state index is -0.418. The Morgan fingerprint density at radius 2 is 2.05 bits per heavy atom. The fourth-order valence-electron chi connectivity index (χ4n) is 2.45. The highest BCUT2D eigenvalue weighted by Crippen LogP contribution is 2.34. The maximum Gasteiger partial charge on any atom is 0.343 e. The molecule has 0 radical (unpaired) electrons. The van der Waals surface area contributed by atoms with Crippen molar-refractivity contribution in [2.45, 2.75) is 45.2 Å². The normalized spacial score (nSPS) is 23.2. The minimum Gasteiger partial charge on any atom is -0.466 e. The number of anilines is 1. The fraction of sp³-hybridized carbons (Fsp3) is 0.750. The Morgan fingerprint density at radius 1 is 1.37 bits per heavy atom. The van der Waals surface area contributed by atoms with E-state index in [0.717, 1.165) is 30.4 Å². The van der Waals surface area contributed by atoms with Crippen molar-refractivity contribution in [3.8, 4) is 5.88 Å². The lowest BCUT2D eigenvalue weighted by molar-refractivity contribution is -0.142. The first kappa shape index (κ1) is 14.0. The van der Waals surface area contributed by atoms with E-state index in [2.05, 4.69) is 32.2 Å². The molecule has 7 heteroatoms. The van der Waals surface area contributed by atoms with E-state index >= 15 is 0 Å². The molecule has 1 aromatic rings. The minimum absolute atomic E-state index is 0.133. The summed E-state index contributed by atoms with van der Waals surface area (Å²) in [6, 6.07) is 0.821. The van der Waals surface area contributed by atoms with Crippen LogP contribution in [0.5, 0.6) is 5.88 Å². The number of piperidine rings is 1. The summed E-state index contributed by atoms with van der Waals surface area (Å²) in [5.41, 5.74) is 0. The van der Waals surface area contributed by atoms with Crippen molar-refractivity contribution < 1.29 is 14.3 Å². The molecule has 2 heterocycles. The molecule has 0 aliphatic carbocycles. The van der Waals surface area contributed by atoms with E-state index in [9.17, 15) is 4.79 Å². The SMILES string of the molecule is COC(=O)COc1nsnc1N1C(C)CCCC1C. The standard InChI is InChI=1S/C12H19N3O3S/c1-8-5-4-6-9(2)15(8)11-12(14-19-13-11)18-7-10(16)17-3/h8-9H,4-7H2,1-3H3. The maximum absolute atomic E-state index is 11.1. The number of hydrogen-bond acceptors (Lipinski definition) is 7. The summed E-state index contributed by atoms with van der Waals surface area (Å²) in [4.78, 5) is 13.4. The molecule has 2 unspecified atom stereocenters. The molecule has 1 aliphatic heterocycles. The molecule has 2 atom stereocenters. The van der Waals surface area contributed by atoms with Crippen LogP contribution in [-0.4, -0.2) is 40.5 Å². The number of carbonyl (C=O) groups excluding carboxylic acids is 1.